The molecule has 0 unspecified atom stereocenters. The Morgan fingerprint density at radius 1 is 1.00 bits per heavy atom. The highest BCUT2D eigenvalue weighted by atomic mass is 16.5. The van der Waals surface area contributed by atoms with Gasteiger partial charge in [-0.2, -0.15) is 0 Å². The fourth-order valence-corrected chi connectivity index (χ4v) is 1.67. The van der Waals surface area contributed by atoms with Crippen molar-refractivity contribution in [1.29, 1.82) is 0 Å². The van der Waals surface area contributed by atoms with E-state index in [2.05, 4.69) is 27.7 Å². The summed E-state index contributed by atoms with van der Waals surface area (Å²) < 4.78 is 5.26. The molecule has 1 saturated heterocycles. The summed E-state index contributed by atoms with van der Waals surface area (Å²) in [5.74, 6) is 1.53. The minimum absolute atomic E-state index is 0.500. The smallest absolute Gasteiger partial charge is 0.0549 e. The van der Waals surface area contributed by atoms with E-state index in [1.54, 1.807) is 0 Å². The molecule has 0 aromatic carbocycles. The average molecular weight is 142 g/mol. The molecule has 1 aliphatic heterocycles. The molecule has 1 heterocycles. The van der Waals surface area contributed by atoms with Gasteiger partial charge in [-0.3, -0.25) is 0 Å². The summed E-state index contributed by atoms with van der Waals surface area (Å²) in [5, 5.41) is 0. The molecule has 1 fully saturated rings. The molecule has 0 spiro atoms. The molecular formula is C9H18O. The molecule has 0 radical (unpaired) electrons. The maximum atomic E-state index is 5.26. The van der Waals surface area contributed by atoms with Crippen LogP contribution < -0.4 is 0 Å². The molecule has 0 aromatic rings. The summed E-state index contributed by atoms with van der Waals surface area (Å²) in [6, 6.07) is 0. The Kier molecular flexibility index (Phi) is 2.04. The lowest BCUT2D eigenvalue weighted by atomic mass is 9.67. The maximum Gasteiger partial charge on any atom is 0.0549 e. The molecule has 60 valence electrons. The van der Waals surface area contributed by atoms with Gasteiger partial charge in [0.1, 0.15) is 0 Å². The number of hydrogen-bond acceptors (Lipinski definition) is 1. The Hall–Kier alpha value is -0.0400. The van der Waals surface area contributed by atoms with E-state index >= 15 is 0 Å². The van der Waals surface area contributed by atoms with E-state index in [-0.39, 0.29) is 0 Å². The van der Waals surface area contributed by atoms with E-state index in [9.17, 15) is 0 Å². The highest BCUT2D eigenvalue weighted by Gasteiger charge is 2.43. The van der Waals surface area contributed by atoms with E-state index in [0.717, 1.165) is 25.0 Å². The standard InChI is InChI=1S/C9H18O/c1-7(2)9(8(3)4)5-10-6-9/h7-8H,5-6H2,1-4H3. The Bertz CT molecular complexity index is 102. The second-order valence-electron chi connectivity index (χ2n) is 4.04. The van der Waals surface area contributed by atoms with Crippen LogP contribution in [0.25, 0.3) is 0 Å². The van der Waals surface area contributed by atoms with Crippen LogP contribution >= 0.6 is 0 Å². The van der Waals surface area contributed by atoms with Crippen LogP contribution in [0, 0.1) is 17.3 Å². The van der Waals surface area contributed by atoms with Gasteiger partial charge >= 0.3 is 0 Å². The molecule has 1 heteroatoms. The molecular weight excluding hydrogens is 124 g/mol. The summed E-state index contributed by atoms with van der Waals surface area (Å²) in [6.07, 6.45) is 0. The quantitative estimate of drug-likeness (QED) is 0.575. The minimum atomic E-state index is 0.500. The summed E-state index contributed by atoms with van der Waals surface area (Å²) in [5.41, 5.74) is 0.500. The lowest BCUT2D eigenvalue weighted by Crippen LogP contribution is -2.50. The second-order valence-corrected chi connectivity index (χ2v) is 4.04. The van der Waals surface area contributed by atoms with Crippen LogP contribution in [0.15, 0.2) is 0 Å². The molecule has 0 saturated carbocycles. The summed E-state index contributed by atoms with van der Waals surface area (Å²) in [6.45, 7) is 11.1. The normalized spacial score (nSPS) is 23.4. The molecule has 0 amide bonds. The third kappa shape index (κ3) is 0.968. The van der Waals surface area contributed by atoms with Gasteiger partial charge in [0.2, 0.25) is 0 Å². The Balaban J connectivity index is 2.59. The predicted octanol–water partition coefficient (Wildman–Crippen LogP) is 2.32. The van der Waals surface area contributed by atoms with Gasteiger partial charge in [-0.1, -0.05) is 27.7 Å². The Labute approximate surface area is 63.8 Å². The number of rotatable bonds is 2. The van der Waals surface area contributed by atoms with Crippen LogP contribution in [0.3, 0.4) is 0 Å². The van der Waals surface area contributed by atoms with E-state index in [1.165, 1.54) is 0 Å². The Morgan fingerprint density at radius 2 is 1.40 bits per heavy atom. The van der Waals surface area contributed by atoms with Crippen molar-refractivity contribution < 1.29 is 4.74 Å². The van der Waals surface area contributed by atoms with Crippen molar-refractivity contribution in [2.45, 2.75) is 27.7 Å². The Morgan fingerprint density at radius 3 is 1.40 bits per heavy atom. The monoisotopic (exact) mass is 142 g/mol. The van der Waals surface area contributed by atoms with Crippen LogP contribution in [0.1, 0.15) is 27.7 Å². The van der Waals surface area contributed by atoms with Crippen LogP contribution in [-0.2, 0) is 4.74 Å². The van der Waals surface area contributed by atoms with Gasteiger partial charge < -0.3 is 4.74 Å². The van der Waals surface area contributed by atoms with Gasteiger partial charge in [0.05, 0.1) is 13.2 Å². The fourth-order valence-electron chi connectivity index (χ4n) is 1.67. The van der Waals surface area contributed by atoms with Crippen LogP contribution in [0.2, 0.25) is 0 Å². The van der Waals surface area contributed by atoms with Crippen molar-refractivity contribution in [1.82, 2.24) is 0 Å². The molecule has 0 atom stereocenters. The predicted molar refractivity (Wildman–Crippen MR) is 42.9 cm³/mol. The summed E-state index contributed by atoms with van der Waals surface area (Å²) in [4.78, 5) is 0. The van der Waals surface area contributed by atoms with Crippen molar-refractivity contribution in [3.8, 4) is 0 Å². The van der Waals surface area contributed by atoms with Crippen molar-refractivity contribution >= 4 is 0 Å². The first-order valence-corrected chi connectivity index (χ1v) is 4.17. The topological polar surface area (TPSA) is 9.23 Å². The van der Waals surface area contributed by atoms with Crippen molar-refractivity contribution in [2.75, 3.05) is 13.2 Å². The number of hydrogen-bond donors (Lipinski definition) is 0. The van der Waals surface area contributed by atoms with Gasteiger partial charge in [0, 0.05) is 5.41 Å². The molecule has 0 bridgehead atoms. The van der Waals surface area contributed by atoms with Gasteiger partial charge in [0.15, 0.2) is 0 Å². The molecule has 0 N–H and O–H groups in total. The second kappa shape index (κ2) is 2.54. The molecule has 1 rings (SSSR count). The molecule has 0 aromatic heterocycles. The first-order chi connectivity index (χ1) is 4.59. The molecule has 0 aliphatic carbocycles. The van der Waals surface area contributed by atoms with Crippen molar-refractivity contribution in [2.24, 2.45) is 17.3 Å². The van der Waals surface area contributed by atoms with E-state index in [1.807, 2.05) is 0 Å². The largest absolute Gasteiger partial charge is 0.380 e. The van der Waals surface area contributed by atoms with Crippen LogP contribution in [0.5, 0.6) is 0 Å². The maximum absolute atomic E-state index is 5.26. The van der Waals surface area contributed by atoms with E-state index in [4.69, 9.17) is 4.74 Å². The SMILES string of the molecule is CC(C)C1(C(C)C)COC1. The van der Waals surface area contributed by atoms with E-state index in [0.29, 0.717) is 5.41 Å². The van der Waals surface area contributed by atoms with Crippen LogP contribution in [0.4, 0.5) is 0 Å². The van der Waals surface area contributed by atoms with Gasteiger partial charge in [-0.05, 0) is 11.8 Å². The fraction of sp³-hybridized carbons (Fsp3) is 1.00. The highest BCUT2D eigenvalue weighted by molar-refractivity contribution is 4.90. The van der Waals surface area contributed by atoms with Crippen molar-refractivity contribution in [3.63, 3.8) is 0 Å². The molecule has 10 heavy (non-hydrogen) atoms. The zero-order valence-corrected chi connectivity index (χ0v) is 7.48. The van der Waals surface area contributed by atoms with Crippen molar-refractivity contribution in [3.05, 3.63) is 0 Å². The van der Waals surface area contributed by atoms with Gasteiger partial charge in [0.25, 0.3) is 0 Å². The first kappa shape index (κ1) is 8.06. The zero-order valence-electron chi connectivity index (χ0n) is 7.48. The van der Waals surface area contributed by atoms with E-state index < -0.39 is 0 Å². The molecule has 1 aliphatic rings. The number of ether oxygens (including phenoxy) is 1. The molecule has 1 nitrogen and oxygen atoms in total. The third-order valence-corrected chi connectivity index (χ3v) is 3.04. The lowest BCUT2D eigenvalue weighted by molar-refractivity contribution is -0.164. The third-order valence-electron chi connectivity index (χ3n) is 3.04. The summed E-state index contributed by atoms with van der Waals surface area (Å²) in [7, 11) is 0. The van der Waals surface area contributed by atoms with Gasteiger partial charge in [-0.15, -0.1) is 0 Å². The van der Waals surface area contributed by atoms with Crippen LogP contribution in [-0.4, -0.2) is 13.2 Å². The van der Waals surface area contributed by atoms with Gasteiger partial charge in [-0.25, -0.2) is 0 Å². The summed E-state index contributed by atoms with van der Waals surface area (Å²) >= 11 is 0. The average Bonchev–Trinajstić information content (AvgIpc) is 1.57. The zero-order chi connectivity index (χ0) is 7.78. The first-order valence-electron chi connectivity index (χ1n) is 4.17. The lowest BCUT2D eigenvalue weighted by Gasteiger charge is -2.48. The highest BCUT2D eigenvalue weighted by Crippen LogP contribution is 2.42. The minimum Gasteiger partial charge on any atom is -0.380 e.